The van der Waals surface area contributed by atoms with Crippen molar-refractivity contribution in [2.45, 2.75) is 39.7 Å². The van der Waals surface area contributed by atoms with Gasteiger partial charge in [0, 0.05) is 26.8 Å². The van der Waals surface area contributed by atoms with Crippen LogP contribution in [0.5, 0.6) is 0 Å². The van der Waals surface area contributed by atoms with Crippen molar-refractivity contribution in [3.05, 3.63) is 0 Å². The van der Waals surface area contributed by atoms with Gasteiger partial charge in [-0.05, 0) is 30.1 Å². The largest absolute Gasteiger partial charge is 0.465 e. The summed E-state index contributed by atoms with van der Waals surface area (Å²) in [6, 6.07) is -0.163. The third-order valence-electron chi connectivity index (χ3n) is 4.16. The van der Waals surface area contributed by atoms with Gasteiger partial charge in [-0.25, -0.2) is 4.79 Å². The van der Waals surface area contributed by atoms with Gasteiger partial charge in [0.2, 0.25) is 0 Å². The standard InChI is InChI=1S/C14H28N2O3/c1-14(2,3)12(10-6-5-7-19-9-10)11(8-15)16(4)13(17)18/h10-12H,5-9,15H2,1-4H3,(H,17,18)/t10?,11?,12-/m1/s1. The van der Waals surface area contributed by atoms with Crippen LogP contribution in [0.3, 0.4) is 0 Å². The van der Waals surface area contributed by atoms with Crippen LogP contribution in [0.1, 0.15) is 33.6 Å². The minimum Gasteiger partial charge on any atom is -0.465 e. The first-order chi connectivity index (χ1) is 8.79. The lowest BCUT2D eigenvalue weighted by Crippen LogP contribution is -2.53. The van der Waals surface area contributed by atoms with Gasteiger partial charge in [0.15, 0.2) is 0 Å². The van der Waals surface area contributed by atoms with E-state index in [9.17, 15) is 9.90 Å². The number of carboxylic acid groups (broad SMARTS) is 1. The first kappa shape index (κ1) is 16.2. The molecule has 112 valence electrons. The van der Waals surface area contributed by atoms with Crippen molar-refractivity contribution >= 4 is 6.09 Å². The Balaban J connectivity index is 2.96. The summed E-state index contributed by atoms with van der Waals surface area (Å²) in [6.45, 7) is 8.35. The zero-order valence-corrected chi connectivity index (χ0v) is 12.6. The number of rotatable bonds is 4. The van der Waals surface area contributed by atoms with Crippen molar-refractivity contribution in [3.8, 4) is 0 Å². The second-order valence-corrected chi connectivity index (χ2v) is 6.57. The van der Waals surface area contributed by atoms with Crippen LogP contribution in [-0.4, -0.2) is 48.9 Å². The van der Waals surface area contributed by atoms with Crippen LogP contribution in [0.2, 0.25) is 0 Å². The van der Waals surface area contributed by atoms with E-state index < -0.39 is 6.09 Å². The molecule has 0 spiro atoms. The van der Waals surface area contributed by atoms with Crippen LogP contribution in [-0.2, 0) is 4.74 Å². The van der Waals surface area contributed by atoms with E-state index in [0.717, 1.165) is 19.4 Å². The van der Waals surface area contributed by atoms with Gasteiger partial charge in [-0.3, -0.25) is 0 Å². The summed E-state index contributed by atoms with van der Waals surface area (Å²) in [7, 11) is 1.61. The highest BCUT2D eigenvalue weighted by Crippen LogP contribution is 2.39. The van der Waals surface area contributed by atoms with E-state index in [1.807, 2.05) is 0 Å². The molecule has 3 atom stereocenters. The van der Waals surface area contributed by atoms with Crippen molar-refractivity contribution in [1.82, 2.24) is 4.90 Å². The molecule has 1 amide bonds. The highest BCUT2D eigenvalue weighted by molar-refractivity contribution is 5.65. The summed E-state index contributed by atoms with van der Waals surface area (Å²) in [6.07, 6.45) is 1.22. The zero-order chi connectivity index (χ0) is 14.6. The maximum atomic E-state index is 11.3. The second-order valence-electron chi connectivity index (χ2n) is 6.57. The fourth-order valence-electron chi connectivity index (χ4n) is 3.33. The van der Waals surface area contributed by atoms with E-state index >= 15 is 0 Å². The van der Waals surface area contributed by atoms with Gasteiger partial charge in [0.1, 0.15) is 0 Å². The number of carbonyl (C=O) groups is 1. The fourth-order valence-corrected chi connectivity index (χ4v) is 3.33. The average Bonchev–Trinajstić information content (AvgIpc) is 2.34. The number of nitrogens with zero attached hydrogens (tertiary/aromatic N) is 1. The Morgan fingerprint density at radius 1 is 1.53 bits per heavy atom. The molecule has 5 nitrogen and oxygen atoms in total. The number of likely N-dealkylation sites (N-methyl/N-ethyl adjacent to an activating group) is 1. The summed E-state index contributed by atoms with van der Waals surface area (Å²) >= 11 is 0. The van der Waals surface area contributed by atoms with Gasteiger partial charge in [-0.1, -0.05) is 20.8 Å². The Kier molecular flexibility index (Phi) is 5.62. The van der Waals surface area contributed by atoms with Gasteiger partial charge >= 0.3 is 6.09 Å². The third kappa shape index (κ3) is 4.08. The van der Waals surface area contributed by atoms with Crippen LogP contribution in [0.15, 0.2) is 0 Å². The fraction of sp³-hybridized carbons (Fsp3) is 0.929. The molecule has 2 unspecified atom stereocenters. The Morgan fingerprint density at radius 3 is 2.53 bits per heavy atom. The van der Waals surface area contributed by atoms with Gasteiger partial charge in [-0.15, -0.1) is 0 Å². The minimum atomic E-state index is -0.915. The van der Waals surface area contributed by atoms with Gasteiger partial charge < -0.3 is 20.5 Å². The van der Waals surface area contributed by atoms with E-state index in [2.05, 4.69) is 20.8 Å². The molecule has 0 aromatic rings. The van der Waals surface area contributed by atoms with Crippen molar-refractivity contribution in [1.29, 1.82) is 0 Å². The molecule has 1 saturated heterocycles. The molecule has 1 aliphatic rings. The molecule has 19 heavy (non-hydrogen) atoms. The number of hydrogen-bond acceptors (Lipinski definition) is 3. The molecule has 1 fully saturated rings. The first-order valence-corrected chi connectivity index (χ1v) is 7.02. The Hall–Kier alpha value is -0.810. The number of ether oxygens (including phenoxy) is 1. The topological polar surface area (TPSA) is 75.8 Å². The second kappa shape index (κ2) is 6.57. The van der Waals surface area contributed by atoms with Crippen LogP contribution >= 0.6 is 0 Å². The molecule has 1 heterocycles. The van der Waals surface area contributed by atoms with Crippen molar-refractivity contribution in [3.63, 3.8) is 0 Å². The highest BCUT2D eigenvalue weighted by Gasteiger charge is 2.41. The molecule has 0 aromatic carbocycles. The third-order valence-corrected chi connectivity index (χ3v) is 4.16. The molecular formula is C14H28N2O3. The van der Waals surface area contributed by atoms with E-state index in [1.165, 1.54) is 4.90 Å². The summed E-state index contributed by atoms with van der Waals surface area (Å²) in [5.41, 5.74) is 5.87. The maximum absolute atomic E-state index is 11.3. The average molecular weight is 272 g/mol. The van der Waals surface area contributed by atoms with E-state index in [0.29, 0.717) is 19.1 Å². The normalized spacial score (nSPS) is 23.7. The molecular weight excluding hydrogens is 244 g/mol. The number of amides is 1. The van der Waals surface area contributed by atoms with Crippen LogP contribution < -0.4 is 5.73 Å². The minimum absolute atomic E-state index is 0.000880. The molecule has 3 N–H and O–H groups in total. The maximum Gasteiger partial charge on any atom is 0.407 e. The number of hydrogen-bond donors (Lipinski definition) is 2. The zero-order valence-electron chi connectivity index (χ0n) is 12.6. The lowest BCUT2D eigenvalue weighted by molar-refractivity contribution is -0.0264. The Morgan fingerprint density at radius 2 is 2.16 bits per heavy atom. The van der Waals surface area contributed by atoms with E-state index in [1.54, 1.807) is 7.05 Å². The SMILES string of the molecule is CN(C(=O)O)C(CN)[C@@H](C1CCCOC1)C(C)(C)C. The van der Waals surface area contributed by atoms with E-state index in [-0.39, 0.29) is 17.4 Å². The van der Waals surface area contributed by atoms with Crippen molar-refractivity contribution < 1.29 is 14.6 Å². The molecule has 0 bridgehead atoms. The molecule has 0 aliphatic carbocycles. The van der Waals surface area contributed by atoms with Crippen molar-refractivity contribution in [2.75, 3.05) is 26.8 Å². The lowest BCUT2D eigenvalue weighted by Gasteiger charge is -2.45. The smallest absolute Gasteiger partial charge is 0.407 e. The summed E-state index contributed by atoms with van der Waals surface area (Å²) in [4.78, 5) is 12.6. The summed E-state index contributed by atoms with van der Waals surface area (Å²) in [5, 5.41) is 9.24. The predicted octanol–water partition coefficient (Wildman–Crippen LogP) is 2.01. The van der Waals surface area contributed by atoms with Crippen LogP contribution in [0.4, 0.5) is 4.79 Å². The lowest BCUT2D eigenvalue weighted by atomic mass is 9.67. The van der Waals surface area contributed by atoms with Gasteiger partial charge in [-0.2, -0.15) is 0 Å². The molecule has 5 heteroatoms. The monoisotopic (exact) mass is 272 g/mol. The van der Waals surface area contributed by atoms with Crippen LogP contribution in [0.25, 0.3) is 0 Å². The Labute approximate surface area is 116 Å². The molecule has 0 aromatic heterocycles. The molecule has 0 saturated carbocycles. The summed E-state index contributed by atoms with van der Waals surface area (Å²) in [5.74, 6) is 0.586. The molecule has 0 radical (unpaired) electrons. The van der Waals surface area contributed by atoms with Gasteiger partial charge in [0.25, 0.3) is 0 Å². The van der Waals surface area contributed by atoms with Crippen LogP contribution in [0, 0.1) is 17.3 Å². The highest BCUT2D eigenvalue weighted by atomic mass is 16.5. The van der Waals surface area contributed by atoms with E-state index in [4.69, 9.17) is 10.5 Å². The number of nitrogens with two attached hydrogens (primary N) is 1. The van der Waals surface area contributed by atoms with Crippen molar-refractivity contribution in [2.24, 2.45) is 23.0 Å². The Bertz CT molecular complexity index is 296. The quantitative estimate of drug-likeness (QED) is 0.821. The predicted molar refractivity (Wildman–Crippen MR) is 75.1 cm³/mol. The summed E-state index contributed by atoms with van der Waals surface area (Å²) < 4.78 is 5.59. The first-order valence-electron chi connectivity index (χ1n) is 7.02. The van der Waals surface area contributed by atoms with Gasteiger partial charge in [0.05, 0.1) is 6.04 Å². The molecule has 1 aliphatic heterocycles. The molecule has 1 rings (SSSR count).